The van der Waals surface area contributed by atoms with Gasteiger partial charge in [-0.15, -0.1) is 0 Å². The molecule has 1 fully saturated rings. The van der Waals surface area contributed by atoms with Crippen LogP contribution in [0.25, 0.3) is 0 Å². The van der Waals surface area contributed by atoms with Crippen molar-refractivity contribution in [2.24, 2.45) is 0 Å². The number of nitrogens with zero attached hydrogens (tertiary/aromatic N) is 4. The summed E-state index contributed by atoms with van der Waals surface area (Å²) >= 11 is 0. The molecule has 0 unspecified atom stereocenters. The molecule has 2 aromatic heterocycles. The van der Waals surface area contributed by atoms with Crippen molar-refractivity contribution in [3.05, 3.63) is 52.9 Å². The predicted octanol–water partition coefficient (Wildman–Crippen LogP) is 3.76. The topological polar surface area (TPSA) is 41.9 Å². The van der Waals surface area contributed by atoms with Crippen molar-refractivity contribution in [2.75, 3.05) is 6.54 Å². The van der Waals surface area contributed by atoms with Crippen molar-refractivity contribution >= 4 is 0 Å². The van der Waals surface area contributed by atoms with Gasteiger partial charge in [0.25, 0.3) is 0 Å². The van der Waals surface area contributed by atoms with Crippen LogP contribution in [-0.4, -0.2) is 26.4 Å². The van der Waals surface area contributed by atoms with Crippen molar-refractivity contribution in [3.8, 4) is 0 Å². The molecule has 4 nitrogen and oxygen atoms in total. The highest BCUT2D eigenvalue weighted by Gasteiger charge is 2.23. The van der Waals surface area contributed by atoms with Gasteiger partial charge in [-0.1, -0.05) is 19.3 Å². The van der Waals surface area contributed by atoms with Crippen LogP contribution in [0.5, 0.6) is 0 Å². The maximum Gasteiger partial charge on any atom is 0.148 e. The monoisotopic (exact) mass is 344 g/mol. The number of hydrogen-bond donors (Lipinski definition) is 0. The average molecular weight is 344 g/mol. The van der Waals surface area contributed by atoms with Gasteiger partial charge in [0.05, 0.1) is 12.4 Å². The Morgan fingerprint density at radius 1 is 1.04 bits per heavy atom. The van der Waals surface area contributed by atoms with Gasteiger partial charge in [-0.25, -0.2) is 18.7 Å². The molecule has 6 heteroatoms. The van der Waals surface area contributed by atoms with Crippen LogP contribution in [0.4, 0.5) is 8.78 Å². The molecule has 0 spiro atoms. The zero-order valence-corrected chi connectivity index (χ0v) is 14.2. The smallest absolute Gasteiger partial charge is 0.148 e. The summed E-state index contributed by atoms with van der Waals surface area (Å²) in [5.41, 5.74) is 2.25. The largest absolute Gasteiger partial charge is 0.294 e. The van der Waals surface area contributed by atoms with Crippen LogP contribution in [0.3, 0.4) is 0 Å². The van der Waals surface area contributed by atoms with Gasteiger partial charge in [0, 0.05) is 55.0 Å². The first-order valence-electron chi connectivity index (χ1n) is 9.05. The molecule has 0 bridgehead atoms. The number of hydrogen-bond acceptors (Lipinski definition) is 4. The van der Waals surface area contributed by atoms with E-state index in [9.17, 15) is 8.78 Å². The Bertz CT molecular complexity index is 739. The van der Waals surface area contributed by atoms with Crippen LogP contribution in [0.2, 0.25) is 0 Å². The molecule has 0 N–H and O–H groups in total. The highest BCUT2D eigenvalue weighted by molar-refractivity contribution is 5.23. The molecule has 3 heterocycles. The second kappa shape index (κ2) is 7.12. The third-order valence-corrected chi connectivity index (χ3v) is 5.34. The third kappa shape index (κ3) is 3.54. The first-order chi connectivity index (χ1) is 12.2. The van der Waals surface area contributed by atoms with E-state index in [0.29, 0.717) is 12.5 Å². The summed E-state index contributed by atoms with van der Waals surface area (Å²) in [5, 5.41) is 0. The maximum atomic E-state index is 13.8. The molecule has 2 aromatic rings. The standard InChI is InChI=1S/C19H22F2N4/c20-16-9-22-10-17(21)15(16)12-25-7-6-18-14(11-25)8-23-19(24-18)13-4-2-1-3-5-13/h8-10,13H,1-7,11-12H2. The zero-order chi connectivity index (χ0) is 17.2. The van der Waals surface area contributed by atoms with Gasteiger partial charge in [0.2, 0.25) is 0 Å². The normalized spacial score (nSPS) is 19.0. The van der Waals surface area contributed by atoms with E-state index in [0.717, 1.165) is 42.4 Å². The highest BCUT2D eigenvalue weighted by Crippen LogP contribution is 2.31. The molecule has 1 saturated carbocycles. The summed E-state index contributed by atoms with van der Waals surface area (Å²) in [6.45, 7) is 1.61. The first-order valence-corrected chi connectivity index (χ1v) is 9.05. The van der Waals surface area contributed by atoms with E-state index in [1.807, 2.05) is 11.1 Å². The van der Waals surface area contributed by atoms with Crippen molar-refractivity contribution in [1.29, 1.82) is 0 Å². The average Bonchev–Trinajstić information content (AvgIpc) is 2.65. The molecule has 0 aromatic carbocycles. The van der Waals surface area contributed by atoms with E-state index in [2.05, 4.69) is 9.97 Å². The van der Waals surface area contributed by atoms with Gasteiger partial charge in [-0.05, 0) is 12.8 Å². The Balaban J connectivity index is 1.48. The van der Waals surface area contributed by atoms with E-state index in [4.69, 9.17) is 4.98 Å². The quantitative estimate of drug-likeness (QED) is 0.850. The molecule has 1 aliphatic carbocycles. The lowest BCUT2D eigenvalue weighted by Gasteiger charge is -2.29. The van der Waals surface area contributed by atoms with Gasteiger partial charge >= 0.3 is 0 Å². The van der Waals surface area contributed by atoms with Gasteiger partial charge in [0.1, 0.15) is 17.5 Å². The molecule has 25 heavy (non-hydrogen) atoms. The van der Waals surface area contributed by atoms with Gasteiger partial charge in [-0.3, -0.25) is 9.88 Å². The van der Waals surface area contributed by atoms with Crippen molar-refractivity contribution in [1.82, 2.24) is 19.9 Å². The fourth-order valence-corrected chi connectivity index (χ4v) is 3.90. The van der Waals surface area contributed by atoms with Crippen LogP contribution < -0.4 is 0 Å². The number of rotatable bonds is 3. The van der Waals surface area contributed by atoms with Crippen LogP contribution in [0.1, 0.15) is 60.7 Å². The molecule has 1 aliphatic heterocycles. The van der Waals surface area contributed by atoms with E-state index in [-0.39, 0.29) is 12.1 Å². The number of halogens is 2. The summed E-state index contributed by atoms with van der Waals surface area (Å²) < 4.78 is 27.6. The van der Waals surface area contributed by atoms with Crippen molar-refractivity contribution in [3.63, 3.8) is 0 Å². The molecule has 4 rings (SSSR count). The molecule has 0 amide bonds. The fourth-order valence-electron chi connectivity index (χ4n) is 3.90. The molecule has 132 valence electrons. The number of pyridine rings is 1. The molecule has 0 atom stereocenters. The highest BCUT2D eigenvalue weighted by atomic mass is 19.1. The Labute approximate surface area is 146 Å². The van der Waals surface area contributed by atoms with Crippen LogP contribution >= 0.6 is 0 Å². The minimum atomic E-state index is -0.588. The third-order valence-electron chi connectivity index (χ3n) is 5.34. The van der Waals surface area contributed by atoms with E-state index in [1.54, 1.807) is 0 Å². The van der Waals surface area contributed by atoms with E-state index in [1.165, 1.54) is 32.1 Å². The Morgan fingerprint density at radius 2 is 1.80 bits per heavy atom. The number of fused-ring (bicyclic) bond motifs is 1. The lowest BCUT2D eigenvalue weighted by Crippen LogP contribution is -2.32. The zero-order valence-electron chi connectivity index (χ0n) is 14.2. The van der Waals surface area contributed by atoms with Crippen molar-refractivity contribution in [2.45, 2.75) is 57.5 Å². The summed E-state index contributed by atoms with van der Waals surface area (Å²) in [6.07, 6.45) is 11.1. The van der Waals surface area contributed by atoms with Gasteiger partial charge in [-0.2, -0.15) is 0 Å². The molecule has 0 radical (unpaired) electrons. The summed E-state index contributed by atoms with van der Waals surface area (Å²) in [7, 11) is 0. The second-order valence-corrected chi connectivity index (χ2v) is 7.08. The van der Waals surface area contributed by atoms with Gasteiger partial charge < -0.3 is 0 Å². The summed E-state index contributed by atoms with van der Waals surface area (Å²) in [4.78, 5) is 15.0. The second-order valence-electron chi connectivity index (χ2n) is 7.08. The van der Waals surface area contributed by atoms with Crippen LogP contribution in [0.15, 0.2) is 18.6 Å². The lowest BCUT2D eigenvalue weighted by atomic mass is 9.88. The van der Waals surface area contributed by atoms with Crippen LogP contribution in [0, 0.1) is 11.6 Å². The molecule has 0 saturated heterocycles. The van der Waals surface area contributed by atoms with E-state index < -0.39 is 11.6 Å². The predicted molar refractivity (Wildman–Crippen MR) is 89.8 cm³/mol. The Hall–Kier alpha value is -1.95. The molecule has 2 aliphatic rings. The fraction of sp³-hybridized carbons (Fsp3) is 0.526. The van der Waals surface area contributed by atoms with Crippen LogP contribution in [-0.2, 0) is 19.5 Å². The number of aromatic nitrogens is 3. The van der Waals surface area contributed by atoms with Crippen molar-refractivity contribution < 1.29 is 8.78 Å². The lowest BCUT2D eigenvalue weighted by molar-refractivity contribution is 0.235. The minimum Gasteiger partial charge on any atom is -0.294 e. The first kappa shape index (κ1) is 16.5. The van der Waals surface area contributed by atoms with E-state index >= 15 is 0 Å². The minimum absolute atomic E-state index is 0.0817. The molecular formula is C19H22F2N4. The Kier molecular flexibility index (Phi) is 4.70. The van der Waals surface area contributed by atoms with Gasteiger partial charge in [0.15, 0.2) is 0 Å². The SMILES string of the molecule is Fc1cncc(F)c1CN1CCc2nc(C3CCCCC3)ncc2C1. The molecular weight excluding hydrogens is 322 g/mol. The maximum absolute atomic E-state index is 13.8. The summed E-state index contributed by atoms with van der Waals surface area (Å²) in [5.74, 6) is 0.305. The summed E-state index contributed by atoms with van der Waals surface area (Å²) in [6, 6.07) is 0. The Morgan fingerprint density at radius 3 is 2.56 bits per heavy atom.